The van der Waals surface area contributed by atoms with Gasteiger partial charge in [-0.15, -0.1) is 0 Å². The van der Waals surface area contributed by atoms with Crippen LogP contribution in [0.2, 0.25) is 0 Å². The van der Waals surface area contributed by atoms with Crippen LogP contribution in [0.1, 0.15) is 219 Å². The number of phosphoric ester groups is 1. The first kappa shape index (κ1) is 56.7. The second-order valence-electron chi connectivity index (χ2n) is 17.8. The summed E-state index contributed by atoms with van der Waals surface area (Å²) in [5.41, 5.74) is 0. The number of nitrogens with one attached hydrogen (secondary N) is 1. The molecule has 0 aliphatic carbocycles. The third-order valence-electron chi connectivity index (χ3n) is 10.8. The van der Waals surface area contributed by atoms with Crippen molar-refractivity contribution in [2.45, 2.75) is 231 Å². The molecule has 0 saturated carbocycles. The lowest BCUT2D eigenvalue weighted by molar-refractivity contribution is -0.870. The van der Waals surface area contributed by atoms with Crippen LogP contribution in [0.15, 0.2) is 36.5 Å². The van der Waals surface area contributed by atoms with E-state index >= 15 is 0 Å². The van der Waals surface area contributed by atoms with E-state index in [1.54, 1.807) is 6.08 Å². The minimum absolute atomic E-state index is 0.0564. The number of hydrogen-bond donors (Lipinski definition) is 3. The van der Waals surface area contributed by atoms with E-state index < -0.39 is 20.0 Å². The summed E-state index contributed by atoms with van der Waals surface area (Å²) in [6.07, 6.45) is 50.8. The van der Waals surface area contributed by atoms with Crippen molar-refractivity contribution in [3.05, 3.63) is 36.5 Å². The third-order valence-corrected chi connectivity index (χ3v) is 11.8. The van der Waals surface area contributed by atoms with Gasteiger partial charge in [0.05, 0.1) is 39.9 Å². The third kappa shape index (κ3) is 42.8. The lowest BCUT2D eigenvalue weighted by Gasteiger charge is -2.25. The molecule has 3 N–H and O–H groups in total. The first-order chi connectivity index (χ1) is 28.0. The van der Waals surface area contributed by atoms with Crippen LogP contribution >= 0.6 is 7.82 Å². The first-order valence-corrected chi connectivity index (χ1v) is 25.9. The molecule has 0 aliphatic rings. The van der Waals surface area contributed by atoms with Gasteiger partial charge in [-0.3, -0.25) is 13.8 Å². The molecular weight excluding hydrogens is 744 g/mol. The number of allylic oxidation sites excluding steroid dienone is 5. The van der Waals surface area contributed by atoms with Gasteiger partial charge >= 0.3 is 7.82 Å². The van der Waals surface area contributed by atoms with Crippen LogP contribution in [0.4, 0.5) is 0 Å². The van der Waals surface area contributed by atoms with Gasteiger partial charge in [0, 0.05) is 6.42 Å². The highest BCUT2D eigenvalue weighted by Gasteiger charge is 2.27. The van der Waals surface area contributed by atoms with Crippen molar-refractivity contribution in [3.8, 4) is 0 Å². The molecule has 1 amide bonds. The Kier molecular flexibility index (Phi) is 40.2. The summed E-state index contributed by atoms with van der Waals surface area (Å²) in [5.74, 6) is -0.188. The molecule has 9 heteroatoms. The van der Waals surface area contributed by atoms with Crippen molar-refractivity contribution in [2.24, 2.45) is 0 Å². The fourth-order valence-electron chi connectivity index (χ4n) is 6.93. The van der Waals surface area contributed by atoms with Crippen molar-refractivity contribution in [2.75, 3.05) is 40.9 Å². The predicted octanol–water partition coefficient (Wildman–Crippen LogP) is 13.9. The minimum atomic E-state index is -4.35. The Hall–Kier alpha value is -1.28. The summed E-state index contributed by atoms with van der Waals surface area (Å²) < 4.78 is 23.6. The summed E-state index contributed by atoms with van der Waals surface area (Å²) in [5, 5.41) is 13.8. The van der Waals surface area contributed by atoms with Crippen molar-refractivity contribution in [1.82, 2.24) is 5.32 Å². The van der Waals surface area contributed by atoms with E-state index in [-0.39, 0.29) is 19.1 Å². The molecule has 0 aliphatic heterocycles. The molecule has 58 heavy (non-hydrogen) atoms. The van der Waals surface area contributed by atoms with Gasteiger partial charge in [0.25, 0.3) is 0 Å². The quantitative estimate of drug-likeness (QED) is 0.0244. The van der Waals surface area contributed by atoms with E-state index in [4.69, 9.17) is 9.05 Å². The maximum Gasteiger partial charge on any atom is 0.472 e. The summed E-state index contributed by atoms with van der Waals surface area (Å²) in [4.78, 5) is 23.2. The Morgan fingerprint density at radius 3 is 1.38 bits per heavy atom. The predicted molar refractivity (Wildman–Crippen MR) is 249 cm³/mol. The molecule has 0 aromatic rings. The highest BCUT2D eigenvalue weighted by molar-refractivity contribution is 7.47. The normalized spacial score (nSPS) is 14.5. The van der Waals surface area contributed by atoms with Gasteiger partial charge in [0.1, 0.15) is 13.2 Å². The van der Waals surface area contributed by atoms with Crippen molar-refractivity contribution in [1.29, 1.82) is 0 Å². The van der Waals surface area contributed by atoms with Gasteiger partial charge in [-0.1, -0.05) is 192 Å². The van der Waals surface area contributed by atoms with Crippen LogP contribution in [0, 0.1) is 0 Å². The molecule has 0 fully saturated rings. The number of carbonyl (C=O) groups excluding carboxylic acids is 1. The molecule has 0 aromatic heterocycles. The molecule has 8 nitrogen and oxygen atoms in total. The Labute approximate surface area is 359 Å². The Bertz CT molecular complexity index is 1040. The molecule has 0 heterocycles. The number of phosphoric acid groups is 1. The lowest BCUT2D eigenvalue weighted by atomic mass is 10.0. The Morgan fingerprint density at radius 2 is 0.948 bits per heavy atom. The van der Waals surface area contributed by atoms with Gasteiger partial charge in [0.15, 0.2) is 0 Å². The second-order valence-corrected chi connectivity index (χ2v) is 19.3. The SMILES string of the molecule is CCCCCCCC/C=C/CCCCCCCCCCCCCC(=O)N[C@@H](COP(=O)(O)OCC[N+](C)(C)C)[C@H](O)/C=C/CC/C=C/CCCCCCCCCCC. The first-order valence-electron chi connectivity index (χ1n) is 24.4. The number of likely N-dealkylation sites (N-methyl/N-ethyl adjacent to an activating group) is 1. The van der Waals surface area contributed by atoms with Crippen molar-refractivity contribution < 1.29 is 32.9 Å². The summed E-state index contributed by atoms with van der Waals surface area (Å²) >= 11 is 0. The van der Waals surface area contributed by atoms with E-state index in [2.05, 4.69) is 43.5 Å². The zero-order valence-electron chi connectivity index (χ0n) is 38.8. The van der Waals surface area contributed by atoms with E-state index in [9.17, 15) is 19.4 Å². The number of unbranched alkanes of at least 4 members (excludes halogenated alkanes) is 27. The van der Waals surface area contributed by atoms with Crippen LogP contribution in [-0.4, -0.2) is 73.4 Å². The van der Waals surface area contributed by atoms with Crippen molar-refractivity contribution >= 4 is 13.7 Å². The number of aliphatic hydroxyl groups is 1. The summed E-state index contributed by atoms with van der Waals surface area (Å²) in [6, 6.07) is -0.861. The highest BCUT2D eigenvalue weighted by Crippen LogP contribution is 2.43. The van der Waals surface area contributed by atoms with E-state index in [0.29, 0.717) is 17.4 Å². The molecule has 3 atom stereocenters. The van der Waals surface area contributed by atoms with E-state index in [1.165, 1.54) is 161 Å². The number of rotatable bonds is 44. The number of quaternary nitrogens is 1. The number of amides is 1. The lowest BCUT2D eigenvalue weighted by Crippen LogP contribution is -2.45. The molecule has 1 unspecified atom stereocenters. The van der Waals surface area contributed by atoms with Gasteiger partial charge < -0.3 is 19.8 Å². The minimum Gasteiger partial charge on any atom is -0.387 e. The number of carbonyl (C=O) groups is 1. The average Bonchev–Trinajstić information content (AvgIpc) is 3.17. The molecule has 0 radical (unpaired) electrons. The Balaban J connectivity index is 4.35. The van der Waals surface area contributed by atoms with Crippen LogP contribution in [0.5, 0.6) is 0 Å². The fraction of sp³-hybridized carbons (Fsp3) is 0.857. The zero-order valence-corrected chi connectivity index (χ0v) is 39.7. The standard InChI is InChI=1S/C49H95N2O6P/c1-6-8-10-12-14-16-18-20-22-23-24-25-26-27-29-31-33-35-37-39-41-43-49(53)50-47(46-57-58(54,55)56-45-44-51(3,4)5)48(52)42-40-38-36-34-32-30-28-21-19-17-15-13-11-9-7-2/h20,22,32,34,40,42,47-48,52H,6-19,21,23-31,33,35-39,41,43-46H2,1-5H3,(H-,50,53,54,55)/p+1/b22-20+,34-32+,42-40+/t47-,48+/m0/s1. The molecule has 0 aromatic carbocycles. The summed E-state index contributed by atoms with van der Waals surface area (Å²) in [6.45, 7) is 4.79. The van der Waals surface area contributed by atoms with Gasteiger partial charge in [-0.05, 0) is 57.8 Å². The smallest absolute Gasteiger partial charge is 0.387 e. The largest absolute Gasteiger partial charge is 0.472 e. The fourth-order valence-corrected chi connectivity index (χ4v) is 7.67. The van der Waals surface area contributed by atoms with E-state index in [1.807, 2.05) is 27.2 Å². The molecule has 0 saturated heterocycles. The second kappa shape index (κ2) is 41.1. The number of nitrogens with zero attached hydrogens (tertiary/aromatic N) is 1. The number of hydrogen-bond acceptors (Lipinski definition) is 5. The van der Waals surface area contributed by atoms with Crippen LogP contribution in [0.3, 0.4) is 0 Å². The maximum absolute atomic E-state index is 12.9. The zero-order chi connectivity index (χ0) is 42.8. The van der Waals surface area contributed by atoms with Crippen LogP contribution in [0.25, 0.3) is 0 Å². The van der Waals surface area contributed by atoms with Gasteiger partial charge in [-0.2, -0.15) is 0 Å². The van der Waals surface area contributed by atoms with Crippen LogP contribution < -0.4 is 5.32 Å². The van der Waals surface area contributed by atoms with Gasteiger partial charge in [-0.25, -0.2) is 4.57 Å². The maximum atomic E-state index is 12.9. The number of aliphatic hydroxyl groups excluding tert-OH is 1. The molecular formula is C49H96N2O6P+. The average molecular weight is 840 g/mol. The topological polar surface area (TPSA) is 105 Å². The highest BCUT2D eigenvalue weighted by atomic mass is 31.2. The monoisotopic (exact) mass is 840 g/mol. The Morgan fingerprint density at radius 1 is 0.569 bits per heavy atom. The molecule has 342 valence electrons. The molecule has 0 bridgehead atoms. The molecule has 0 spiro atoms. The van der Waals surface area contributed by atoms with Gasteiger partial charge in [0.2, 0.25) is 5.91 Å². The van der Waals surface area contributed by atoms with E-state index in [0.717, 1.165) is 38.5 Å². The molecule has 0 rings (SSSR count). The summed E-state index contributed by atoms with van der Waals surface area (Å²) in [7, 11) is 1.56. The van der Waals surface area contributed by atoms with Crippen molar-refractivity contribution in [3.63, 3.8) is 0 Å². The van der Waals surface area contributed by atoms with Crippen LogP contribution in [-0.2, 0) is 18.4 Å².